The number of aromatic nitrogens is 2. The summed E-state index contributed by atoms with van der Waals surface area (Å²) in [6, 6.07) is 0.493. The number of rotatable bonds is 3. The van der Waals surface area contributed by atoms with Crippen LogP contribution in [0.15, 0.2) is 12.4 Å². The van der Waals surface area contributed by atoms with E-state index >= 15 is 0 Å². The average Bonchev–Trinajstić information content (AvgIpc) is 2.39. The summed E-state index contributed by atoms with van der Waals surface area (Å²) >= 11 is 0. The molecule has 20 heavy (non-hydrogen) atoms. The minimum absolute atomic E-state index is 0.186. The van der Waals surface area contributed by atoms with Crippen molar-refractivity contribution >= 4 is 11.7 Å². The van der Waals surface area contributed by atoms with Crippen LogP contribution in [-0.4, -0.2) is 27.5 Å². The molecule has 1 heterocycles. The molecule has 2 N–H and O–H groups in total. The van der Waals surface area contributed by atoms with Gasteiger partial charge in [0.15, 0.2) is 0 Å². The van der Waals surface area contributed by atoms with E-state index in [0.29, 0.717) is 11.7 Å². The van der Waals surface area contributed by atoms with Crippen molar-refractivity contribution in [3.63, 3.8) is 0 Å². The third kappa shape index (κ3) is 4.47. The van der Waals surface area contributed by atoms with Gasteiger partial charge in [-0.05, 0) is 33.6 Å². The number of anilines is 1. The minimum Gasteiger partial charge on any atom is -0.366 e. The highest BCUT2D eigenvalue weighted by molar-refractivity contribution is 5.92. The van der Waals surface area contributed by atoms with Crippen molar-refractivity contribution in [2.45, 2.75) is 64.5 Å². The number of hydrogen-bond acceptors (Lipinski definition) is 4. The van der Waals surface area contributed by atoms with Crippen LogP contribution in [0.2, 0.25) is 0 Å². The van der Waals surface area contributed by atoms with E-state index in [2.05, 4.69) is 20.6 Å². The monoisotopic (exact) mass is 276 g/mol. The number of nitrogens with zero attached hydrogens (tertiary/aromatic N) is 2. The molecule has 0 saturated heterocycles. The third-order valence-corrected chi connectivity index (χ3v) is 3.33. The van der Waals surface area contributed by atoms with Crippen LogP contribution in [0.4, 0.5) is 5.82 Å². The first kappa shape index (κ1) is 14.8. The molecule has 0 unspecified atom stereocenters. The lowest BCUT2D eigenvalue weighted by molar-refractivity contribution is 0.0914. The van der Waals surface area contributed by atoms with Crippen LogP contribution < -0.4 is 10.6 Å². The van der Waals surface area contributed by atoms with Gasteiger partial charge in [0.1, 0.15) is 11.5 Å². The van der Waals surface area contributed by atoms with Gasteiger partial charge >= 0.3 is 0 Å². The molecule has 1 aromatic rings. The Balaban J connectivity index is 1.93. The molecular weight excluding hydrogens is 252 g/mol. The summed E-state index contributed by atoms with van der Waals surface area (Å²) in [4.78, 5) is 20.4. The SMILES string of the molecule is CC(C)(C)NC(=O)c1cnc(NC2CCCCC2)cn1. The molecule has 5 nitrogen and oxygen atoms in total. The maximum Gasteiger partial charge on any atom is 0.271 e. The number of amides is 1. The molecule has 0 aliphatic heterocycles. The van der Waals surface area contributed by atoms with Crippen LogP contribution in [0.25, 0.3) is 0 Å². The first-order chi connectivity index (χ1) is 9.44. The van der Waals surface area contributed by atoms with Gasteiger partial charge in [-0.15, -0.1) is 0 Å². The number of carbonyl (C=O) groups excluding carboxylic acids is 1. The molecule has 1 aromatic heterocycles. The van der Waals surface area contributed by atoms with Crippen molar-refractivity contribution in [2.75, 3.05) is 5.32 Å². The van der Waals surface area contributed by atoms with E-state index in [1.165, 1.54) is 38.3 Å². The second kappa shape index (κ2) is 6.20. The normalized spacial score (nSPS) is 16.8. The fraction of sp³-hybridized carbons (Fsp3) is 0.667. The Hall–Kier alpha value is -1.65. The van der Waals surface area contributed by atoms with Crippen LogP contribution in [-0.2, 0) is 0 Å². The zero-order valence-electron chi connectivity index (χ0n) is 12.6. The Morgan fingerprint density at radius 2 is 1.85 bits per heavy atom. The van der Waals surface area contributed by atoms with Crippen molar-refractivity contribution in [2.24, 2.45) is 0 Å². The Morgan fingerprint density at radius 3 is 2.40 bits per heavy atom. The molecule has 0 atom stereocenters. The summed E-state index contributed by atoms with van der Waals surface area (Å²) in [7, 11) is 0. The summed E-state index contributed by atoms with van der Waals surface area (Å²) in [5, 5.41) is 6.26. The molecule has 0 spiro atoms. The van der Waals surface area contributed by atoms with Gasteiger partial charge in [0, 0.05) is 11.6 Å². The van der Waals surface area contributed by atoms with Crippen LogP contribution in [0.1, 0.15) is 63.4 Å². The van der Waals surface area contributed by atoms with E-state index in [-0.39, 0.29) is 11.4 Å². The van der Waals surface area contributed by atoms with Crippen molar-refractivity contribution in [3.8, 4) is 0 Å². The van der Waals surface area contributed by atoms with Crippen LogP contribution >= 0.6 is 0 Å². The van der Waals surface area contributed by atoms with Gasteiger partial charge in [-0.2, -0.15) is 0 Å². The van der Waals surface area contributed by atoms with E-state index in [1.807, 2.05) is 20.8 Å². The fourth-order valence-electron chi connectivity index (χ4n) is 2.38. The maximum atomic E-state index is 11.9. The van der Waals surface area contributed by atoms with Gasteiger partial charge < -0.3 is 10.6 Å². The highest BCUT2D eigenvalue weighted by Crippen LogP contribution is 2.20. The highest BCUT2D eigenvalue weighted by Gasteiger charge is 2.17. The maximum absolute atomic E-state index is 11.9. The van der Waals surface area contributed by atoms with E-state index in [4.69, 9.17) is 0 Å². The van der Waals surface area contributed by atoms with Gasteiger partial charge in [0.05, 0.1) is 12.4 Å². The highest BCUT2D eigenvalue weighted by atomic mass is 16.2. The van der Waals surface area contributed by atoms with Crippen molar-refractivity contribution in [1.82, 2.24) is 15.3 Å². The zero-order chi connectivity index (χ0) is 14.6. The molecule has 1 saturated carbocycles. The van der Waals surface area contributed by atoms with E-state index in [0.717, 1.165) is 5.82 Å². The summed E-state index contributed by atoms with van der Waals surface area (Å²) in [6.45, 7) is 5.83. The number of nitrogens with one attached hydrogen (secondary N) is 2. The predicted octanol–water partition coefficient (Wildman–Crippen LogP) is 2.75. The summed E-state index contributed by atoms with van der Waals surface area (Å²) < 4.78 is 0. The van der Waals surface area contributed by atoms with Gasteiger partial charge in [0.25, 0.3) is 5.91 Å². The fourth-order valence-corrected chi connectivity index (χ4v) is 2.38. The van der Waals surface area contributed by atoms with Crippen LogP contribution in [0.5, 0.6) is 0 Å². The largest absolute Gasteiger partial charge is 0.366 e. The lowest BCUT2D eigenvalue weighted by Gasteiger charge is -2.23. The molecule has 0 radical (unpaired) electrons. The molecule has 1 aliphatic rings. The average molecular weight is 276 g/mol. The molecule has 110 valence electrons. The molecule has 5 heteroatoms. The topological polar surface area (TPSA) is 66.9 Å². The standard InChI is InChI=1S/C15H24N4O/c1-15(2,3)19-14(20)12-9-17-13(10-16-12)18-11-7-5-4-6-8-11/h9-11H,4-8H2,1-3H3,(H,17,18)(H,19,20). The van der Waals surface area contributed by atoms with Gasteiger partial charge in [-0.1, -0.05) is 19.3 Å². The van der Waals surface area contributed by atoms with Gasteiger partial charge in [-0.3, -0.25) is 4.79 Å². The predicted molar refractivity (Wildman–Crippen MR) is 79.7 cm³/mol. The summed E-state index contributed by atoms with van der Waals surface area (Å²) in [5.41, 5.74) is 0.0896. The molecule has 1 aliphatic carbocycles. The molecule has 1 fully saturated rings. The number of hydrogen-bond donors (Lipinski definition) is 2. The Morgan fingerprint density at radius 1 is 1.15 bits per heavy atom. The quantitative estimate of drug-likeness (QED) is 0.891. The molecule has 2 rings (SSSR count). The summed E-state index contributed by atoms with van der Waals surface area (Å²) in [6.07, 6.45) is 9.43. The van der Waals surface area contributed by atoms with Crippen molar-refractivity contribution < 1.29 is 4.79 Å². The number of carbonyl (C=O) groups is 1. The summed E-state index contributed by atoms with van der Waals surface area (Å²) in [5.74, 6) is 0.568. The molecule has 0 bridgehead atoms. The second-order valence-corrected chi connectivity index (χ2v) is 6.47. The van der Waals surface area contributed by atoms with E-state index < -0.39 is 0 Å². The van der Waals surface area contributed by atoms with E-state index in [9.17, 15) is 4.79 Å². The lowest BCUT2D eigenvalue weighted by Crippen LogP contribution is -2.41. The first-order valence-electron chi connectivity index (χ1n) is 7.35. The van der Waals surface area contributed by atoms with Crippen LogP contribution in [0.3, 0.4) is 0 Å². The Bertz CT molecular complexity index is 444. The molecular formula is C15H24N4O. The Kier molecular flexibility index (Phi) is 4.57. The minimum atomic E-state index is -0.266. The van der Waals surface area contributed by atoms with Gasteiger partial charge in [-0.25, -0.2) is 9.97 Å². The molecule has 1 amide bonds. The van der Waals surface area contributed by atoms with Gasteiger partial charge in [0.2, 0.25) is 0 Å². The third-order valence-electron chi connectivity index (χ3n) is 3.33. The zero-order valence-corrected chi connectivity index (χ0v) is 12.6. The van der Waals surface area contributed by atoms with E-state index in [1.54, 1.807) is 6.20 Å². The lowest BCUT2D eigenvalue weighted by atomic mass is 9.96. The molecule has 0 aromatic carbocycles. The van der Waals surface area contributed by atoms with Crippen LogP contribution in [0, 0.1) is 0 Å². The van der Waals surface area contributed by atoms with Crippen molar-refractivity contribution in [1.29, 1.82) is 0 Å². The smallest absolute Gasteiger partial charge is 0.271 e. The Labute approximate surface area is 120 Å². The van der Waals surface area contributed by atoms with Crippen molar-refractivity contribution in [3.05, 3.63) is 18.1 Å². The second-order valence-electron chi connectivity index (χ2n) is 6.47. The first-order valence-corrected chi connectivity index (χ1v) is 7.35.